The third-order valence-corrected chi connectivity index (χ3v) is 2.31. The molecular formula is C13H12N2O2. The van der Waals surface area contributed by atoms with Gasteiger partial charge in [-0.05, 0) is 5.56 Å². The maximum atomic E-state index is 11.3. The van der Waals surface area contributed by atoms with E-state index >= 15 is 0 Å². The Kier molecular flexibility index (Phi) is 3.45. The number of nitrogens with zero attached hydrogens (tertiary/aromatic N) is 2. The molecule has 0 unspecified atom stereocenters. The molecule has 0 aliphatic carbocycles. The fourth-order valence-corrected chi connectivity index (χ4v) is 1.50. The van der Waals surface area contributed by atoms with Gasteiger partial charge in [0.15, 0.2) is 5.69 Å². The molecule has 0 bridgehead atoms. The lowest BCUT2D eigenvalue weighted by atomic mass is 10.1. The minimum absolute atomic E-state index is 0.237. The Labute approximate surface area is 99.3 Å². The molecule has 0 fully saturated rings. The third kappa shape index (κ3) is 2.87. The summed E-state index contributed by atoms with van der Waals surface area (Å²) in [5.74, 6) is -0.465. The molecule has 86 valence electrons. The van der Waals surface area contributed by atoms with Crippen LogP contribution in [-0.4, -0.2) is 23.0 Å². The van der Waals surface area contributed by atoms with E-state index in [1.54, 1.807) is 6.20 Å². The Morgan fingerprint density at radius 3 is 2.71 bits per heavy atom. The van der Waals surface area contributed by atoms with E-state index < -0.39 is 5.97 Å². The molecule has 0 radical (unpaired) electrons. The largest absolute Gasteiger partial charge is 0.464 e. The van der Waals surface area contributed by atoms with Gasteiger partial charge in [-0.25, -0.2) is 9.78 Å². The average Bonchev–Trinajstić information content (AvgIpc) is 2.39. The quantitative estimate of drug-likeness (QED) is 0.752. The van der Waals surface area contributed by atoms with E-state index in [9.17, 15) is 4.79 Å². The van der Waals surface area contributed by atoms with E-state index in [2.05, 4.69) is 14.7 Å². The first-order chi connectivity index (χ1) is 8.29. The summed E-state index contributed by atoms with van der Waals surface area (Å²) in [5.41, 5.74) is 2.11. The van der Waals surface area contributed by atoms with Gasteiger partial charge in [-0.2, -0.15) is 0 Å². The normalized spacial score (nSPS) is 9.94. The molecule has 0 atom stereocenters. The van der Waals surface area contributed by atoms with Crippen molar-refractivity contribution in [1.29, 1.82) is 0 Å². The maximum absolute atomic E-state index is 11.3. The van der Waals surface area contributed by atoms with Gasteiger partial charge < -0.3 is 4.74 Å². The van der Waals surface area contributed by atoms with Crippen molar-refractivity contribution >= 4 is 5.97 Å². The summed E-state index contributed by atoms with van der Waals surface area (Å²) in [4.78, 5) is 19.5. The molecule has 1 heterocycles. The van der Waals surface area contributed by atoms with E-state index in [1.807, 2.05) is 30.3 Å². The van der Waals surface area contributed by atoms with Gasteiger partial charge in [-0.1, -0.05) is 30.3 Å². The highest BCUT2D eigenvalue weighted by Crippen LogP contribution is 2.06. The lowest BCUT2D eigenvalue weighted by Gasteiger charge is -2.02. The number of hydrogen-bond donors (Lipinski definition) is 0. The van der Waals surface area contributed by atoms with Crippen molar-refractivity contribution in [3.8, 4) is 0 Å². The Balaban J connectivity index is 2.20. The summed E-state index contributed by atoms with van der Waals surface area (Å²) in [5, 5.41) is 0. The molecular weight excluding hydrogens is 216 g/mol. The summed E-state index contributed by atoms with van der Waals surface area (Å²) in [6.07, 6.45) is 3.71. The van der Waals surface area contributed by atoms with Gasteiger partial charge in [0.05, 0.1) is 19.0 Å². The van der Waals surface area contributed by atoms with Gasteiger partial charge in [0.1, 0.15) is 0 Å². The van der Waals surface area contributed by atoms with Crippen LogP contribution in [0.5, 0.6) is 0 Å². The molecule has 2 aromatic rings. The van der Waals surface area contributed by atoms with Crippen molar-refractivity contribution in [1.82, 2.24) is 9.97 Å². The summed E-state index contributed by atoms with van der Waals surface area (Å²) in [6, 6.07) is 9.90. The average molecular weight is 228 g/mol. The first-order valence-corrected chi connectivity index (χ1v) is 5.23. The number of methoxy groups -OCH3 is 1. The molecule has 0 aliphatic heterocycles. The fourth-order valence-electron chi connectivity index (χ4n) is 1.50. The third-order valence-electron chi connectivity index (χ3n) is 2.31. The topological polar surface area (TPSA) is 52.1 Å². The zero-order valence-electron chi connectivity index (χ0n) is 9.46. The van der Waals surface area contributed by atoms with Crippen LogP contribution in [0.1, 0.15) is 21.7 Å². The smallest absolute Gasteiger partial charge is 0.358 e. The number of carbonyl (C=O) groups is 1. The van der Waals surface area contributed by atoms with Gasteiger partial charge in [0.2, 0.25) is 0 Å². The van der Waals surface area contributed by atoms with Crippen molar-refractivity contribution in [2.75, 3.05) is 7.11 Å². The monoisotopic (exact) mass is 228 g/mol. The maximum Gasteiger partial charge on any atom is 0.358 e. The number of hydrogen-bond acceptors (Lipinski definition) is 4. The molecule has 0 amide bonds. The summed E-state index contributed by atoms with van der Waals surface area (Å²) in [7, 11) is 1.33. The summed E-state index contributed by atoms with van der Waals surface area (Å²) >= 11 is 0. The van der Waals surface area contributed by atoms with Gasteiger partial charge in [0.25, 0.3) is 0 Å². The first-order valence-electron chi connectivity index (χ1n) is 5.23. The Morgan fingerprint density at radius 1 is 1.24 bits per heavy atom. The number of ether oxygens (including phenoxy) is 1. The molecule has 0 aliphatic rings. The van der Waals surface area contributed by atoms with E-state index in [1.165, 1.54) is 13.3 Å². The van der Waals surface area contributed by atoms with Crippen LogP contribution in [0, 0.1) is 0 Å². The molecule has 1 aromatic carbocycles. The van der Waals surface area contributed by atoms with Crippen molar-refractivity contribution in [3.05, 3.63) is 59.7 Å². The molecule has 0 spiro atoms. The highest BCUT2D eigenvalue weighted by atomic mass is 16.5. The highest BCUT2D eigenvalue weighted by Gasteiger charge is 2.08. The Bertz CT molecular complexity index is 512. The standard InChI is InChI=1S/C13H12N2O2/c1-17-13(16)12-9-14-8-11(15-12)7-10-5-3-2-4-6-10/h2-6,8-9H,7H2,1H3. The van der Waals surface area contributed by atoms with Gasteiger partial charge >= 0.3 is 5.97 Å². The minimum Gasteiger partial charge on any atom is -0.464 e. The highest BCUT2D eigenvalue weighted by molar-refractivity contribution is 5.86. The van der Waals surface area contributed by atoms with Crippen molar-refractivity contribution in [2.24, 2.45) is 0 Å². The van der Waals surface area contributed by atoms with Crippen LogP contribution in [0.3, 0.4) is 0 Å². The lowest BCUT2D eigenvalue weighted by molar-refractivity contribution is 0.0593. The van der Waals surface area contributed by atoms with Crippen LogP contribution in [0.15, 0.2) is 42.7 Å². The second-order valence-corrected chi connectivity index (χ2v) is 3.55. The molecule has 4 nitrogen and oxygen atoms in total. The van der Waals surface area contributed by atoms with Crippen molar-refractivity contribution in [3.63, 3.8) is 0 Å². The van der Waals surface area contributed by atoms with E-state index in [-0.39, 0.29) is 5.69 Å². The van der Waals surface area contributed by atoms with Gasteiger partial charge in [0, 0.05) is 12.6 Å². The molecule has 4 heteroatoms. The number of benzene rings is 1. The molecule has 0 saturated heterocycles. The second kappa shape index (κ2) is 5.21. The number of rotatable bonds is 3. The van der Waals surface area contributed by atoms with Crippen LogP contribution in [0.2, 0.25) is 0 Å². The fraction of sp³-hybridized carbons (Fsp3) is 0.154. The van der Waals surface area contributed by atoms with Crippen LogP contribution in [-0.2, 0) is 11.2 Å². The van der Waals surface area contributed by atoms with E-state index in [4.69, 9.17) is 0 Å². The van der Waals surface area contributed by atoms with Crippen molar-refractivity contribution < 1.29 is 9.53 Å². The molecule has 17 heavy (non-hydrogen) atoms. The summed E-state index contributed by atoms with van der Waals surface area (Å²) < 4.78 is 4.60. The second-order valence-electron chi connectivity index (χ2n) is 3.55. The van der Waals surface area contributed by atoms with E-state index in [0.29, 0.717) is 6.42 Å². The minimum atomic E-state index is -0.465. The lowest BCUT2D eigenvalue weighted by Crippen LogP contribution is -2.07. The molecule has 2 rings (SSSR count). The number of carbonyl (C=O) groups excluding carboxylic acids is 1. The molecule has 0 N–H and O–H groups in total. The Morgan fingerprint density at radius 2 is 2.00 bits per heavy atom. The number of esters is 1. The number of aromatic nitrogens is 2. The first kappa shape index (κ1) is 11.3. The van der Waals surface area contributed by atoms with Crippen molar-refractivity contribution in [2.45, 2.75) is 6.42 Å². The molecule has 1 aromatic heterocycles. The van der Waals surface area contributed by atoms with E-state index in [0.717, 1.165) is 11.3 Å². The Hall–Kier alpha value is -2.23. The SMILES string of the molecule is COC(=O)c1cncc(Cc2ccccc2)n1. The predicted octanol–water partition coefficient (Wildman–Crippen LogP) is 1.85. The predicted molar refractivity (Wildman–Crippen MR) is 62.6 cm³/mol. The van der Waals surface area contributed by atoms with Gasteiger partial charge in [-0.3, -0.25) is 4.98 Å². The van der Waals surface area contributed by atoms with Crippen LogP contribution in [0.4, 0.5) is 0 Å². The summed E-state index contributed by atoms with van der Waals surface area (Å²) in [6.45, 7) is 0. The van der Waals surface area contributed by atoms with Crippen LogP contribution in [0.25, 0.3) is 0 Å². The zero-order valence-corrected chi connectivity index (χ0v) is 9.46. The van der Waals surface area contributed by atoms with Crippen LogP contribution < -0.4 is 0 Å². The zero-order chi connectivity index (χ0) is 12.1. The van der Waals surface area contributed by atoms with Crippen LogP contribution >= 0.6 is 0 Å². The van der Waals surface area contributed by atoms with Gasteiger partial charge in [-0.15, -0.1) is 0 Å². The molecule has 0 saturated carbocycles.